The maximum Gasteiger partial charge on any atom is 0.303 e. The summed E-state index contributed by atoms with van der Waals surface area (Å²) in [6.45, 7) is 15.1. The van der Waals surface area contributed by atoms with Crippen molar-refractivity contribution in [2.75, 3.05) is 13.1 Å². The zero-order valence-electron chi connectivity index (χ0n) is 23.1. The van der Waals surface area contributed by atoms with Gasteiger partial charge in [-0.1, -0.05) is 48.0 Å². The van der Waals surface area contributed by atoms with Gasteiger partial charge in [-0.15, -0.1) is 0 Å². The van der Waals surface area contributed by atoms with Crippen LogP contribution in [0.4, 0.5) is 0 Å². The standard InChI is InChI=1S/C27H50N2O3.C2H6/c1-5-11-27(4)21(18(2)6-9-25(31)32)7-8-22(27)19-15-24(30)23-16-20(29-14-13-28)10-12-26(23,3)17-19;1-2/h18-24,29-30H,5-17,28H2,1-4H3,(H,31,32);1-2H3/t18?,19?,20?,21?,22?,23-,24-,26-,27-;/m1./s1. The van der Waals surface area contributed by atoms with E-state index in [2.05, 4.69) is 33.0 Å². The highest BCUT2D eigenvalue weighted by Gasteiger charge is 2.55. The Morgan fingerprint density at radius 2 is 1.85 bits per heavy atom. The Balaban J connectivity index is 0.00000199. The molecule has 5 unspecified atom stereocenters. The van der Waals surface area contributed by atoms with E-state index in [0.717, 1.165) is 25.8 Å². The van der Waals surface area contributed by atoms with Crippen molar-refractivity contribution in [3.63, 3.8) is 0 Å². The van der Waals surface area contributed by atoms with Gasteiger partial charge >= 0.3 is 5.97 Å². The molecule has 0 aromatic rings. The van der Waals surface area contributed by atoms with E-state index in [1.807, 2.05) is 13.8 Å². The second-order valence-corrected chi connectivity index (χ2v) is 12.2. The van der Waals surface area contributed by atoms with E-state index in [1.165, 1.54) is 44.9 Å². The molecule has 0 saturated heterocycles. The maximum absolute atomic E-state index is 11.3. The van der Waals surface area contributed by atoms with Crippen LogP contribution in [-0.4, -0.2) is 41.4 Å². The van der Waals surface area contributed by atoms with Gasteiger partial charge in [-0.2, -0.15) is 0 Å². The van der Waals surface area contributed by atoms with Crippen LogP contribution in [-0.2, 0) is 4.79 Å². The molecule has 0 bridgehead atoms. The Morgan fingerprint density at radius 1 is 1.15 bits per heavy atom. The second-order valence-electron chi connectivity index (χ2n) is 12.2. The van der Waals surface area contributed by atoms with Crippen LogP contribution in [0.25, 0.3) is 0 Å². The van der Waals surface area contributed by atoms with E-state index in [9.17, 15) is 15.0 Å². The van der Waals surface area contributed by atoms with Crippen molar-refractivity contribution in [2.45, 2.75) is 124 Å². The maximum atomic E-state index is 11.3. The minimum absolute atomic E-state index is 0.199. The summed E-state index contributed by atoms with van der Waals surface area (Å²) in [5.74, 6) is 2.02. The van der Waals surface area contributed by atoms with Crippen molar-refractivity contribution in [1.29, 1.82) is 0 Å². The van der Waals surface area contributed by atoms with Crippen molar-refractivity contribution in [1.82, 2.24) is 5.32 Å². The fraction of sp³-hybridized carbons (Fsp3) is 0.966. The summed E-state index contributed by atoms with van der Waals surface area (Å²) < 4.78 is 0. The van der Waals surface area contributed by atoms with Gasteiger partial charge in [0.2, 0.25) is 0 Å². The van der Waals surface area contributed by atoms with E-state index in [4.69, 9.17) is 5.73 Å². The number of fused-ring (bicyclic) bond motifs is 1. The van der Waals surface area contributed by atoms with Crippen LogP contribution in [0.5, 0.6) is 0 Å². The number of carboxylic acids is 1. The van der Waals surface area contributed by atoms with Gasteiger partial charge in [0.05, 0.1) is 6.10 Å². The number of aliphatic carboxylic acids is 1. The van der Waals surface area contributed by atoms with E-state index in [0.29, 0.717) is 42.2 Å². The fourth-order valence-electron chi connectivity index (χ4n) is 8.67. The molecule has 3 saturated carbocycles. The Hall–Kier alpha value is -0.650. The first-order chi connectivity index (χ1) is 16.1. The quantitative estimate of drug-likeness (QED) is 0.315. The lowest BCUT2D eigenvalue weighted by Crippen LogP contribution is -2.53. The minimum Gasteiger partial charge on any atom is -0.481 e. The minimum atomic E-state index is -0.672. The second kappa shape index (κ2) is 13.1. The van der Waals surface area contributed by atoms with Gasteiger partial charge in [0.25, 0.3) is 0 Å². The monoisotopic (exact) mass is 480 g/mol. The molecule has 3 rings (SSSR count). The summed E-state index contributed by atoms with van der Waals surface area (Å²) in [6.07, 6.45) is 11.4. The molecule has 0 aliphatic heterocycles. The lowest BCUT2D eigenvalue weighted by atomic mass is 9.52. The molecule has 5 nitrogen and oxygen atoms in total. The van der Waals surface area contributed by atoms with Crippen LogP contribution in [0, 0.1) is 40.4 Å². The van der Waals surface area contributed by atoms with E-state index in [1.54, 1.807) is 0 Å². The normalized spacial score (nSPS) is 40.7. The van der Waals surface area contributed by atoms with Gasteiger partial charge in [-0.05, 0) is 98.2 Å². The number of carboxylic acid groups (broad SMARTS) is 1. The zero-order chi connectivity index (χ0) is 25.5. The Morgan fingerprint density at radius 3 is 2.47 bits per heavy atom. The molecule has 5 heteroatoms. The lowest BCUT2D eigenvalue weighted by Gasteiger charge is -2.55. The Bertz CT molecular complexity index is 628. The van der Waals surface area contributed by atoms with Crippen LogP contribution in [0.1, 0.15) is 112 Å². The van der Waals surface area contributed by atoms with Crippen LogP contribution < -0.4 is 11.1 Å². The summed E-state index contributed by atoms with van der Waals surface area (Å²) in [4.78, 5) is 11.2. The average Bonchev–Trinajstić information content (AvgIpc) is 3.14. The number of rotatable bonds is 10. The predicted molar refractivity (Wildman–Crippen MR) is 142 cm³/mol. The van der Waals surface area contributed by atoms with E-state index >= 15 is 0 Å². The molecule has 5 N–H and O–H groups in total. The predicted octanol–water partition coefficient (Wildman–Crippen LogP) is 5.84. The summed E-state index contributed by atoms with van der Waals surface area (Å²) >= 11 is 0. The van der Waals surface area contributed by atoms with E-state index < -0.39 is 5.97 Å². The van der Waals surface area contributed by atoms with Gasteiger partial charge in [-0.3, -0.25) is 4.79 Å². The van der Waals surface area contributed by atoms with Crippen molar-refractivity contribution < 1.29 is 15.0 Å². The highest BCUT2D eigenvalue weighted by atomic mass is 16.4. The van der Waals surface area contributed by atoms with Gasteiger partial charge in [0, 0.05) is 25.6 Å². The first-order valence-electron chi connectivity index (χ1n) is 14.5. The lowest BCUT2D eigenvalue weighted by molar-refractivity contribution is -0.137. The first kappa shape index (κ1) is 29.6. The van der Waals surface area contributed by atoms with Crippen LogP contribution in [0.2, 0.25) is 0 Å². The number of hydrogen-bond donors (Lipinski definition) is 4. The summed E-state index contributed by atoms with van der Waals surface area (Å²) in [5.41, 5.74) is 6.20. The summed E-state index contributed by atoms with van der Waals surface area (Å²) in [5, 5.41) is 24.1. The Labute approximate surface area is 210 Å². The van der Waals surface area contributed by atoms with E-state index in [-0.39, 0.29) is 23.4 Å². The fourth-order valence-corrected chi connectivity index (χ4v) is 8.67. The highest BCUT2D eigenvalue weighted by molar-refractivity contribution is 5.66. The molecule has 0 radical (unpaired) electrons. The molecule has 0 spiro atoms. The number of hydrogen-bond acceptors (Lipinski definition) is 4. The van der Waals surface area contributed by atoms with Crippen LogP contribution >= 0.6 is 0 Å². The number of carbonyl (C=O) groups is 1. The number of aliphatic hydroxyl groups excluding tert-OH is 1. The van der Waals surface area contributed by atoms with Crippen molar-refractivity contribution in [3.05, 3.63) is 0 Å². The summed E-state index contributed by atoms with van der Waals surface area (Å²) in [6, 6.07) is 0.499. The van der Waals surface area contributed by atoms with Crippen LogP contribution in [0.3, 0.4) is 0 Å². The molecule has 0 aromatic carbocycles. The third-order valence-electron chi connectivity index (χ3n) is 10.2. The van der Waals surface area contributed by atoms with Crippen molar-refractivity contribution in [2.24, 2.45) is 46.2 Å². The SMILES string of the molecule is CC.CCC[C@]1(C)C(C(C)CCC(=O)O)CCC1C1C[C@@H](O)[C@H]2CC(NCCN)CC[C@]2(C)C1. The molecule has 3 aliphatic rings. The third kappa shape index (κ3) is 6.56. The molecular weight excluding hydrogens is 424 g/mol. The highest BCUT2D eigenvalue weighted by Crippen LogP contribution is 2.62. The number of nitrogens with two attached hydrogens (primary N) is 1. The molecule has 3 aliphatic carbocycles. The summed E-state index contributed by atoms with van der Waals surface area (Å²) in [7, 11) is 0. The van der Waals surface area contributed by atoms with Gasteiger partial charge < -0.3 is 21.3 Å². The Kier molecular flexibility index (Phi) is 11.4. The molecule has 9 atom stereocenters. The van der Waals surface area contributed by atoms with Crippen LogP contribution in [0.15, 0.2) is 0 Å². The van der Waals surface area contributed by atoms with Gasteiger partial charge in [0.1, 0.15) is 0 Å². The molecule has 200 valence electrons. The molecule has 3 fully saturated rings. The topological polar surface area (TPSA) is 95.6 Å². The average molecular weight is 481 g/mol. The molecule has 0 heterocycles. The molecular formula is C29H56N2O3. The molecule has 0 aromatic heterocycles. The third-order valence-corrected chi connectivity index (χ3v) is 10.2. The van der Waals surface area contributed by atoms with Gasteiger partial charge in [0.15, 0.2) is 0 Å². The smallest absolute Gasteiger partial charge is 0.303 e. The molecule has 0 amide bonds. The largest absolute Gasteiger partial charge is 0.481 e. The number of nitrogens with one attached hydrogen (secondary N) is 1. The molecule has 34 heavy (non-hydrogen) atoms. The van der Waals surface area contributed by atoms with Crippen molar-refractivity contribution in [3.8, 4) is 0 Å². The van der Waals surface area contributed by atoms with Crippen molar-refractivity contribution >= 4 is 5.97 Å². The first-order valence-corrected chi connectivity index (χ1v) is 14.5. The zero-order valence-corrected chi connectivity index (χ0v) is 23.1. The van der Waals surface area contributed by atoms with Gasteiger partial charge in [-0.25, -0.2) is 0 Å². The number of aliphatic hydroxyl groups is 1.